The second-order valence-electron chi connectivity index (χ2n) is 5.62. The molecule has 0 amide bonds. The molecule has 1 atom stereocenters. The lowest BCUT2D eigenvalue weighted by atomic mass is 10.0. The summed E-state index contributed by atoms with van der Waals surface area (Å²) < 4.78 is 22.5. The number of hydrogen-bond donors (Lipinski definition) is 1. The first kappa shape index (κ1) is 14.5. The van der Waals surface area contributed by atoms with Gasteiger partial charge in [0.2, 0.25) is 6.79 Å². The summed E-state index contributed by atoms with van der Waals surface area (Å²) in [6.07, 6.45) is 3.77. The van der Waals surface area contributed by atoms with E-state index in [-0.39, 0.29) is 18.9 Å². The molecule has 0 spiro atoms. The molecular formula is C16H23NO4. The zero-order valence-electron chi connectivity index (χ0n) is 12.5. The molecule has 0 radical (unpaired) electrons. The molecule has 0 aliphatic carbocycles. The minimum atomic E-state index is 0.127. The minimum absolute atomic E-state index is 0.127. The quantitative estimate of drug-likeness (QED) is 0.902. The highest BCUT2D eigenvalue weighted by atomic mass is 16.7. The van der Waals surface area contributed by atoms with E-state index < -0.39 is 0 Å². The van der Waals surface area contributed by atoms with Crippen LogP contribution in [-0.2, 0) is 11.2 Å². The normalized spacial score (nSPS) is 19.5. The largest absolute Gasteiger partial charge is 0.490 e. The van der Waals surface area contributed by atoms with Crippen molar-refractivity contribution in [3.63, 3.8) is 0 Å². The summed E-state index contributed by atoms with van der Waals surface area (Å²) in [5.41, 5.74) is 7.20. The van der Waals surface area contributed by atoms with Gasteiger partial charge in [-0.2, -0.15) is 0 Å². The summed E-state index contributed by atoms with van der Waals surface area (Å²) in [6, 6.07) is 4.07. The van der Waals surface area contributed by atoms with E-state index in [9.17, 15) is 0 Å². The molecule has 0 saturated carbocycles. The van der Waals surface area contributed by atoms with Gasteiger partial charge in [0.25, 0.3) is 0 Å². The third-order valence-corrected chi connectivity index (χ3v) is 4.02. The molecule has 5 heteroatoms. The standard InChI is InChI=1S/C16H23NO4/c1-2-12(17)7-11-8-15-16(20-10-19-15)9-14(11)21-13-3-5-18-6-4-13/h8-9,12-13H,2-7,10,17H2,1H3. The molecule has 116 valence electrons. The van der Waals surface area contributed by atoms with Crippen molar-refractivity contribution in [1.29, 1.82) is 0 Å². The molecule has 5 nitrogen and oxygen atoms in total. The fraction of sp³-hybridized carbons (Fsp3) is 0.625. The Morgan fingerprint density at radius 3 is 2.67 bits per heavy atom. The molecule has 0 bridgehead atoms. The number of hydrogen-bond acceptors (Lipinski definition) is 5. The monoisotopic (exact) mass is 293 g/mol. The topological polar surface area (TPSA) is 62.9 Å². The van der Waals surface area contributed by atoms with Crippen molar-refractivity contribution >= 4 is 0 Å². The number of ether oxygens (including phenoxy) is 4. The van der Waals surface area contributed by atoms with E-state index in [1.807, 2.05) is 12.1 Å². The highest BCUT2D eigenvalue weighted by molar-refractivity contribution is 5.52. The first-order valence-electron chi connectivity index (χ1n) is 7.68. The Hall–Kier alpha value is -1.46. The predicted octanol–water partition coefficient (Wildman–Crippen LogP) is 2.25. The van der Waals surface area contributed by atoms with Crippen molar-refractivity contribution in [2.24, 2.45) is 5.73 Å². The number of nitrogens with two attached hydrogens (primary N) is 1. The molecule has 1 aromatic rings. The van der Waals surface area contributed by atoms with Gasteiger partial charge >= 0.3 is 0 Å². The Morgan fingerprint density at radius 2 is 1.95 bits per heavy atom. The maximum atomic E-state index is 6.19. The van der Waals surface area contributed by atoms with Crippen molar-refractivity contribution in [3.05, 3.63) is 17.7 Å². The van der Waals surface area contributed by atoms with Crippen molar-refractivity contribution in [2.45, 2.75) is 44.8 Å². The van der Waals surface area contributed by atoms with Crippen LogP contribution in [0, 0.1) is 0 Å². The summed E-state index contributed by atoms with van der Waals surface area (Å²) in [5.74, 6) is 2.41. The third kappa shape index (κ3) is 3.41. The molecule has 1 fully saturated rings. The van der Waals surface area contributed by atoms with Gasteiger partial charge in [-0.05, 0) is 24.5 Å². The lowest BCUT2D eigenvalue weighted by Gasteiger charge is -2.25. The SMILES string of the molecule is CCC(N)Cc1cc2c(cc1OC1CCOCC1)OCO2. The van der Waals surface area contributed by atoms with Crippen molar-refractivity contribution in [3.8, 4) is 17.2 Å². The molecule has 2 heterocycles. The van der Waals surface area contributed by atoms with Gasteiger partial charge in [-0.15, -0.1) is 0 Å². The van der Waals surface area contributed by atoms with Crippen LogP contribution in [0.4, 0.5) is 0 Å². The van der Waals surface area contributed by atoms with Gasteiger partial charge in [-0.25, -0.2) is 0 Å². The van der Waals surface area contributed by atoms with Gasteiger partial charge in [0.1, 0.15) is 11.9 Å². The summed E-state index contributed by atoms with van der Waals surface area (Å²) in [4.78, 5) is 0. The number of fused-ring (bicyclic) bond motifs is 1. The highest BCUT2D eigenvalue weighted by Crippen LogP contribution is 2.39. The first-order chi connectivity index (χ1) is 10.3. The fourth-order valence-corrected chi connectivity index (χ4v) is 2.63. The molecule has 1 unspecified atom stereocenters. The van der Waals surface area contributed by atoms with Gasteiger partial charge in [-0.3, -0.25) is 0 Å². The highest BCUT2D eigenvalue weighted by Gasteiger charge is 2.22. The third-order valence-electron chi connectivity index (χ3n) is 4.02. The second kappa shape index (κ2) is 6.54. The lowest BCUT2D eigenvalue weighted by Crippen LogP contribution is -2.27. The van der Waals surface area contributed by atoms with Crippen LogP contribution in [0.5, 0.6) is 17.2 Å². The Labute approximate surface area is 125 Å². The molecule has 21 heavy (non-hydrogen) atoms. The van der Waals surface area contributed by atoms with Crippen LogP contribution in [-0.4, -0.2) is 32.2 Å². The zero-order chi connectivity index (χ0) is 14.7. The van der Waals surface area contributed by atoms with E-state index in [1.54, 1.807) is 0 Å². The average molecular weight is 293 g/mol. The molecular weight excluding hydrogens is 270 g/mol. The number of rotatable bonds is 5. The maximum absolute atomic E-state index is 6.19. The van der Waals surface area contributed by atoms with E-state index >= 15 is 0 Å². The van der Waals surface area contributed by atoms with Crippen LogP contribution in [0.25, 0.3) is 0 Å². The van der Waals surface area contributed by atoms with Crippen LogP contribution in [0.3, 0.4) is 0 Å². The van der Waals surface area contributed by atoms with Crippen LogP contribution < -0.4 is 19.9 Å². The van der Waals surface area contributed by atoms with Crippen LogP contribution in [0.2, 0.25) is 0 Å². The summed E-state index contributed by atoms with van der Waals surface area (Å²) in [5, 5.41) is 0. The van der Waals surface area contributed by atoms with Crippen LogP contribution in [0.15, 0.2) is 12.1 Å². The van der Waals surface area contributed by atoms with Gasteiger partial charge in [-0.1, -0.05) is 6.92 Å². The van der Waals surface area contributed by atoms with E-state index in [2.05, 4.69) is 6.92 Å². The smallest absolute Gasteiger partial charge is 0.231 e. The Morgan fingerprint density at radius 1 is 1.24 bits per heavy atom. The minimum Gasteiger partial charge on any atom is -0.490 e. The summed E-state index contributed by atoms with van der Waals surface area (Å²) >= 11 is 0. The van der Waals surface area contributed by atoms with Crippen molar-refractivity contribution in [2.75, 3.05) is 20.0 Å². The molecule has 0 aromatic heterocycles. The molecule has 1 saturated heterocycles. The van der Waals surface area contributed by atoms with E-state index in [0.717, 1.165) is 61.7 Å². The molecule has 2 aliphatic heterocycles. The zero-order valence-corrected chi connectivity index (χ0v) is 12.5. The van der Waals surface area contributed by atoms with Crippen molar-refractivity contribution in [1.82, 2.24) is 0 Å². The predicted molar refractivity (Wildman–Crippen MR) is 79.0 cm³/mol. The summed E-state index contributed by atoms with van der Waals surface area (Å²) in [6.45, 7) is 3.89. The second-order valence-corrected chi connectivity index (χ2v) is 5.62. The van der Waals surface area contributed by atoms with E-state index in [0.29, 0.717) is 0 Å². The Balaban J connectivity index is 1.81. The fourth-order valence-electron chi connectivity index (χ4n) is 2.63. The number of benzene rings is 1. The Bertz CT molecular complexity index is 485. The molecule has 1 aromatic carbocycles. The Kier molecular flexibility index (Phi) is 4.51. The van der Waals surface area contributed by atoms with Gasteiger partial charge in [0.15, 0.2) is 11.5 Å². The summed E-state index contributed by atoms with van der Waals surface area (Å²) in [7, 11) is 0. The van der Waals surface area contributed by atoms with Gasteiger partial charge in [0.05, 0.1) is 13.2 Å². The van der Waals surface area contributed by atoms with Gasteiger partial charge in [0, 0.05) is 24.9 Å². The molecule has 2 N–H and O–H groups in total. The molecule has 2 aliphatic rings. The van der Waals surface area contributed by atoms with E-state index in [4.69, 9.17) is 24.7 Å². The van der Waals surface area contributed by atoms with E-state index in [1.165, 1.54) is 0 Å². The lowest BCUT2D eigenvalue weighted by molar-refractivity contribution is 0.0251. The first-order valence-corrected chi connectivity index (χ1v) is 7.68. The van der Waals surface area contributed by atoms with Crippen molar-refractivity contribution < 1.29 is 18.9 Å². The van der Waals surface area contributed by atoms with Crippen LogP contribution >= 0.6 is 0 Å². The van der Waals surface area contributed by atoms with Gasteiger partial charge < -0.3 is 24.7 Å². The van der Waals surface area contributed by atoms with Crippen LogP contribution in [0.1, 0.15) is 31.7 Å². The maximum Gasteiger partial charge on any atom is 0.231 e. The molecule has 3 rings (SSSR count). The average Bonchev–Trinajstić information content (AvgIpc) is 2.95.